The van der Waals surface area contributed by atoms with Gasteiger partial charge in [-0.05, 0) is 13.2 Å². The molecule has 0 atom stereocenters. The van der Waals surface area contributed by atoms with Crippen LogP contribution in [-0.2, 0) is 9.53 Å². The van der Waals surface area contributed by atoms with Gasteiger partial charge in [-0.15, -0.1) is 22.0 Å². The van der Waals surface area contributed by atoms with Crippen LogP contribution in [0.2, 0.25) is 0 Å². The van der Waals surface area contributed by atoms with Crippen LogP contribution in [0.15, 0.2) is 5.03 Å². The lowest BCUT2D eigenvalue weighted by molar-refractivity contribution is -0.114. The standard InChI is InChI=1S/C14H19N5O3S/c1-6-22-13(21)9-11-18-17-10(7(2)3)19(11)14(15-8(4)20)16-12(9)23-5/h7H,6H2,1-5H3,(H,15,16,20). The van der Waals surface area contributed by atoms with Gasteiger partial charge in [0.1, 0.15) is 16.4 Å². The van der Waals surface area contributed by atoms with Gasteiger partial charge in [0, 0.05) is 12.8 Å². The first kappa shape index (κ1) is 17.2. The highest BCUT2D eigenvalue weighted by Gasteiger charge is 2.25. The Bertz CT molecular complexity index is 756. The predicted octanol–water partition coefficient (Wildman–Crippen LogP) is 2.10. The maximum Gasteiger partial charge on any atom is 0.344 e. The van der Waals surface area contributed by atoms with E-state index in [0.717, 1.165) is 0 Å². The average molecular weight is 337 g/mol. The van der Waals surface area contributed by atoms with Crippen molar-refractivity contribution in [1.82, 2.24) is 19.6 Å². The Balaban J connectivity index is 2.81. The van der Waals surface area contributed by atoms with Crippen LogP contribution in [0.3, 0.4) is 0 Å². The third-order valence-corrected chi connectivity index (χ3v) is 3.70. The summed E-state index contributed by atoms with van der Waals surface area (Å²) in [5, 5.41) is 11.4. The van der Waals surface area contributed by atoms with Gasteiger partial charge in [-0.3, -0.25) is 10.1 Å². The van der Waals surface area contributed by atoms with Gasteiger partial charge in [-0.25, -0.2) is 14.2 Å². The molecular formula is C14H19N5O3S. The van der Waals surface area contributed by atoms with Gasteiger partial charge in [-0.1, -0.05) is 13.8 Å². The summed E-state index contributed by atoms with van der Waals surface area (Å²) in [6.07, 6.45) is 1.79. The molecule has 0 bridgehead atoms. The molecule has 0 radical (unpaired) electrons. The van der Waals surface area contributed by atoms with Gasteiger partial charge >= 0.3 is 5.97 Å². The van der Waals surface area contributed by atoms with Gasteiger partial charge in [0.25, 0.3) is 0 Å². The molecule has 9 heteroatoms. The van der Waals surface area contributed by atoms with Crippen LogP contribution < -0.4 is 5.32 Å². The Kier molecular flexibility index (Phi) is 5.19. The SMILES string of the molecule is CCOC(=O)c1c(SC)nc(NC(C)=O)n2c(C(C)C)nnc12. The van der Waals surface area contributed by atoms with Crippen LogP contribution >= 0.6 is 11.8 Å². The molecule has 1 amide bonds. The first-order valence-electron chi connectivity index (χ1n) is 7.18. The number of hydrogen-bond acceptors (Lipinski definition) is 7. The summed E-state index contributed by atoms with van der Waals surface area (Å²) in [7, 11) is 0. The maximum atomic E-state index is 12.3. The molecule has 23 heavy (non-hydrogen) atoms. The van der Waals surface area contributed by atoms with E-state index in [2.05, 4.69) is 20.5 Å². The minimum Gasteiger partial charge on any atom is -0.462 e. The summed E-state index contributed by atoms with van der Waals surface area (Å²) in [4.78, 5) is 28.2. The number of nitrogens with zero attached hydrogens (tertiary/aromatic N) is 4. The van der Waals surface area contributed by atoms with Crippen LogP contribution in [-0.4, -0.2) is 44.3 Å². The van der Waals surface area contributed by atoms with Crippen molar-refractivity contribution in [2.45, 2.75) is 38.6 Å². The molecule has 0 unspecified atom stereocenters. The third kappa shape index (κ3) is 3.29. The fourth-order valence-corrected chi connectivity index (χ4v) is 2.67. The monoisotopic (exact) mass is 337 g/mol. The van der Waals surface area contributed by atoms with Crippen molar-refractivity contribution < 1.29 is 14.3 Å². The number of thioether (sulfide) groups is 1. The molecule has 124 valence electrons. The minimum atomic E-state index is -0.508. The lowest BCUT2D eigenvalue weighted by atomic mass is 10.2. The van der Waals surface area contributed by atoms with Crippen LogP contribution in [0, 0.1) is 0 Å². The maximum absolute atomic E-state index is 12.3. The van der Waals surface area contributed by atoms with E-state index in [1.54, 1.807) is 17.6 Å². The van der Waals surface area contributed by atoms with E-state index in [1.807, 2.05) is 13.8 Å². The number of carbonyl (C=O) groups is 2. The summed E-state index contributed by atoms with van der Waals surface area (Å²) >= 11 is 1.28. The second kappa shape index (κ2) is 6.95. The number of anilines is 1. The molecule has 2 aromatic rings. The second-order valence-corrected chi connectivity index (χ2v) is 5.89. The average Bonchev–Trinajstić information content (AvgIpc) is 2.91. The summed E-state index contributed by atoms with van der Waals surface area (Å²) in [5.41, 5.74) is 0.586. The first-order valence-corrected chi connectivity index (χ1v) is 8.40. The summed E-state index contributed by atoms with van der Waals surface area (Å²) in [6, 6.07) is 0. The zero-order chi connectivity index (χ0) is 17.1. The van der Waals surface area contributed by atoms with Crippen LogP contribution in [0.5, 0.6) is 0 Å². The van der Waals surface area contributed by atoms with E-state index < -0.39 is 5.97 Å². The molecular weight excluding hydrogens is 318 g/mol. The van der Waals surface area contributed by atoms with Crippen molar-refractivity contribution in [3.05, 3.63) is 11.4 Å². The summed E-state index contributed by atoms with van der Waals surface area (Å²) in [5.74, 6) is 0.159. The van der Waals surface area contributed by atoms with Gasteiger partial charge in [0.05, 0.1) is 6.61 Å². The molecule has 0 aliphatic rings. The van der Waals surface area contributed by atoms with Crippen molar-refractivity contribution >= 4 is 35.2 Å². The normalized spacial score (nSPS) is 11.0. The Hall–Kier alpha value is -2.16. The van der Waals surface area contributed by atoms with Crippen LogP contribution in [0.25, 0.3) is 5.65 Å². The number of nitrogens with one attached hydrogen (secondary N) is 1. The molecule has 0 fully saturated rings. The number of ether oxygens (including phenoxy) is 1. The minimum absolute atomic E-state index is 0.0366. The highest BCUT2D eigenvalue weighted by atomic mass is 32.2. The number of rotatable bonds is 5. The van der Waals surface area contributed by atoms with E-state index in [-0.39, 0.29) is 24.0 Å². The van der Waals surface area contributed by atoms with Gasteiger partial charge < -0.3 is 4.74 Å². The highest BCUT2D eigenvalue weighted by Crippen LogP contribution is 2.28. The molecule has 2 heterocycles. The van der Waals surface area contributed by atoms with Crippen molar-refractivity contribution in [1.29, 1.82) is 0 Å². The first-order chi connectivity index (χ1) is 10.9. The van der Waals surface area contributed by atoms with Crippen molar-refractivity contribution in [2.75, 3.05) is 18.2 Å². The zero-order valence-electron chi connectivity index (χ0n) is 13.7. The van der Waals surface area contributed by atoms with E-state index in [9.17, 15) is 9.59 Å². The van der Waals surface area contributed by atoms with Gasteiger partial charge in [-0.2, -0.15) is 0 Å². The topological polar surface area (TPSA) is 98.5 Å². The number of carbonyl (C=O) groups excluding carboxylic acids is 2. The molecule has 0 saturated heterocycles. The number of esters is 1. The predicted molar refractivity (Wildman–Crippen MR) is 86.9 cm³/mol. The van der Waals surface area contributed by atoms with Gasteiger partial charge in [0.2, 0.25) is 11.9 Å². The molecule has 2 rings (SSSR count). The second-order valence-electron chi connectivity index (χ2n) is 5.09. The van der Waals surface area contributed by atoms with Crippen molar-refractivity contribution in [2.24, 2.45) is 0 Å². The molecule has 1 N–H and O–H groups in total. The Labute approximate surface area is 138 Å². The molecule has 0 spiro atoms. The number of amides is 1. The number of aromatic nitrogens is 4. The number of fused-ring (bicyclic) bond motifs is 1. The Morgan fingerprint density at radius 2 is 2.04 bits per heavy atom. The van der Waals surface area contributed by atoms with Gasteiger partial charge in [0.15, 0.2) is 5.65 Å². The fraction of sp³-hybridized carbons (Fsp3) is 0.500. The molecule has 8 nitrogen and oxygen atoms in total. The van der Waals surface area contributed by atoms with Crippen molar-refractivity contribution in [3.8, 4) is 0 Å². The quantitative estimate of drug-likeness (QED) is 0.507. The molecule has 0 aliphatic carbocycles. The third-order valence-electron chi connectivity index (χ3n) is 3.02. The zero-order valence-corrected chi connectivity index (χ0v) is 14.5. The lowest BCUT2D eigenvalue weighted by Crippen LogP contribution is -2.17. The van der Waals surface area contributed by atoms with E-state index in [4.69, 9.17) is 4.74 Å². The largest absolute Gasteiger partial charge is 0.462 e. The van der Waals surface area contributed by atoms with Crippen molar-refractivity contribution in [3.63, 3.8) is 0 Å². The molecule has 0 aromatic carbocycles. The summed E-state index contributed by atoms with van der Waals surface area (Å²) < 4.78 is 6.70. The molecule has 0 saturated carbocycles. The highest BCUT2D eigenvalue weighted by molar-refractivity contribution is 7.98. The molecule has 0 aliphatic heterocycles. The Morgan fingerprint density at radius 1 is 1.35 bits per heavy atom. The van der Waals surface area contributed by atoms with E-state index in [1.165, 1.54) is 18.7 Å². The smallest absolute Gasteiger partial charge is 0.344 e. The number of hydrogen-bond donors (Lipinski definition) is 1. The van der Waals surface area contributed by atoms with Crippen LogP contribution in [0.4, 0.5) is 5.95 Å². The molecule has 2 aromatic heterocycles. The Morgan fingerprint density at radius 3 is 2.57 bits per heavy atom. The summed E-state index contributed by atoms with van der Waals surface area (Å²) in [6.45, 7) is 7.26. The van der Waals surface area contributed by atoms with Crippen LogP contribution in [0.1, 0.15) is 49.8 Å². The lowest BCUT2D eigenvalue weighted by Gasteiger charge is -2.13. The van der Waals surface area contributed by atoms with E-state index in [0.29, 0.717) is 22.4 Å². The van der Waals surface area contributed by atoms with E-state index >= 15 is 0 Å². The fourth-order valence-electron chi connectivity index (χ4n) is 2.11.